The average molecular weight is 306 g/mol. The van der Waals surface area contributed by atoms with Crippen molar-refractivity contribution < 1.29 is 0 Å². The zero-order valence-corrected chi connectivity index (χ0v) is 10.9. The summed E-state index contributed by atoms with van der Waals surface area (Å²) in [6.45, 7) is 2.24. The van der Waals surface area contributed by atoms with Gasteiger partial charge in [0.25, 0.3) is 0 Å². The van der Waals surface area contributed by atoms with Crippen molar-refractivity contribution in [3.05, 3.63) is 34.3 Å². The molecule has 0 radical (unpaired) electrons. The lowest BCUT2D eigenvalue weighted by Gasteiger charge is -2.10. The summed E-state index contributed by atoms with van der Waals surface area (Å²) in [5, 5.41) is 1.10. The molecular formula is C11H14Br2. The fourth-order valence-electron chi connectivity index (χ4n) is 1.26. The number of hydrogen-bond donors (Lipinski definition) is 0. The van der Waals surface area contributed by atoms with Crippen LogP contribution in [0.25, 0.3) is 0 Å². The predicted octanol–water partition coefficient (Wildman–Crippen LogP) is 4.41. The van der Waals surface area contributed by atoms with E-state index in [0.717, 1.165) is 15.7 Å². The summed E-state index contributed by atoms with van der Waals surface area (Å²) in [5.74, 6) is 0.765. The Morgan fingerprint density at radius 2 is 1.85 bits per heavy atom. The van der Waals surface area contributed by atoms with E-state index in [2.05, 4.69) is 63.0 Å². The zero-order chi connectivity index (χ0) is 9.68. The molecule has 0 aliphatic rings. The smallest absolute Gasteiger partial charge is 0.0175 e. The van der Waals surface area contributed by atoms with Gasteiger partial charge in [-0.05, 0) is 30.0 Å². The monoisotopic (exact) mass is 304 g/mol. The van der Waals surface area contributed by atoms with Gasteiger partial charge in [0.15, 0.2) is 0 Å². The van der Waals surface area contributed by atoms with Crippen molar-refractivity contribution in [2.45, 2.75) is 19.8 Å². The molecule has 1 aromatic rings. The molecule has 0 N–H and O–H groups in total. The quantitative estimate of drug-likeness (QED) is 0.723. The molecular weight excluding hydrogens is 292 g/mol. The summed E-state index contributed by atoms with van der Waals surface area (Å²) < 4.78 is 1.16. The fourth-order valence-corrected chi connectivity index (χ4v) is 2.21. The first-order chi connectivity index (χ1) is 6.26. The van der Waals surface area contributed by atoms with Crippen molar-refractivity contribution in [1.82, 2.24) is 0 Å². The molecule has 0 spiro atoms. The molecule has 0 fully saturated rings. The minimum absolute atomic E-state index is 0.765. The van der Waals surface area contributed by atoms with Crippen LogP contribution in [0, 0.1) is 5.92 Å². The molecule has 1 aromatic carbocycles. The number of alkyl halides is 1. The Morgan fingerprint density at radius 3 is 2.31 bits per heavy atom. The van der Waals surface area contributed by atoms with Crippen molar-refractivity contribution >= 4 is 31.9 Å². The van der Waals surface area contributed by atoms with Gasteiger partial charge in [-0.1, -0.05) is 57.3 Å². The van der Waals surface area contributed by atoms with E-state index in [1.807, 2.05) is 0 Å². The van der Waals surface area contributed by atoms with E-state index in [0.29, 0.717) is 0 Å². The predicted molar refractivity (Wildman–Crippen MR) is 65.4 cm³/mol. The molecule has 1 atom stereocenters. The summed E-state index contributed by atoms with van der Waals surface area (Å²) in [5.41, 5.74) is 1.43. The fraction of sp³-hybridized carbons (Fsp3) is 0.455. The Kier molecular flexibility index (Phi) is 5.04. The highest BCUT2D eigenvalue weighted by Crippen LogP contribution is 2.16. The van der Waals surface area contributed by atoms with Crippen LogP contribution in [-0.4, -0.2) is 5.33 Å². The van der Waals surface area contributed by atoms with E-state index < -0.39 is 0 Å². The topological polar surface area (TPSA) is 0 Å². The first-order valence-corrected chi connectivity index (χ1v) is 6.48. The van der Waals surface area contributed by atoms with Crippen LogP contribution in [0.5, 0.6) is 0 Å². The maximum Gasteiger partial charge on any atom is 0.0175 e. The molecule has 0 aromatic heterocycles. The zero-order valence-electron chi connectivity index (χ0n) is 7.76. The number of benzene rings is 1. The lowest BCUT2D eigenvalue weighted by Crippen LogP contribution is -2.04. The van der Waals surface area contributed by atoms with E-state index in [-0.39, 0.29) is 0 Å². The molecule has 72 valence electrons. The van der Waals surface area contributed by atoms with Crippen molar-refractivity contribution in [3.63, 3.8) is 0 Å². The van der Waals surface area contributed by atoms with E-state index >= 15 is 0 Å². The van der Waals surface area contributed by atoms with E-state index in [9.17, 15) is 0 Å². The third-order valence-electron chi connectivity index (χ3n) is 2.23. The second-order valence-electron chi connectivity index (χ2n) is 3.26. The van der Waals surface area contributed by atoms with Gasteiger partial charge in [-0.3, -0.25) is 0 Å². The molecule has 0 saturated heterocycles. The van der Waals surface area contributed by atoms with Gasteiger partial charge in [0.1, 0.15) is 0 Å². The molecule has 0 aliphatic heterocycles. The van der Waals surface area contributed by atoms with E-state index in [1.54, 1.807) is 0 Å². The minimum Gasteiger partial charge on any atom is -0.0925 e. The van der Waals surface area contributed by atoms with Crippen LogP contribution in [0.15, 0.2) is 28.7 Å². The maximum absolute atomic E-state index is 3.54. The third-order valence-corrected chi connectivity index (χ3v) is 3.68. The van der Waals surface area contributed by atoms with Gasteiger partial charge in [0.2, 0.25) is 0 Å². The molecule has 0 amide bonds. The van der Waals surface area contributed by atoms with Gasteiger partial charge in [-0.15, -0.1) is 0 Å². The Morgan fingerprint density at radius 1 is 1.23 bits per heavy atom. The minimum atomic E-state index is 0.765. The molecule has 0 nitrogen and oxygen atoms in total. The molecule has 2 heteroatoms. The Balaban J connectivity index is 2.58. The van der Waals surface area contributed by atoms with Gasteiger partial charge in [-0.2, -0.15) is 0 Å². The van der Waals surface area contributed by atoms with Gasteiger partial charge in [0.05, 0.1) is 0 Å². The van der Waals surface area contributed by atoms with Gasteiger partial charge in [-0.25, -0.2) is 0 Å². The normalized spacial score (nSPS) is 12.8. The molecule has 0 aliphatic carbocycles. The average Bonchev–Trinajstić information content (AvgIpc) is 2.17. The standard InChI is InChI=1S/C11H14Br2/c1-2-9(8-12)7-10-3-5-11(13)6-4-10/h3-6,9H,2,7-8H2,1H3. The van der Waals surface area contributed by atoms with Gasteiger partial charge >= 0.3 is 0 Å². The molecule has 13 heavy (non-hydrogen) atoms. The lowest BCUT2D eigenvalue weighted by molar-refractivity contribution is 0.574. The van der Waals surface area contributed by atoms with Crippen molar-refractivity contribution in [1.29, 1.82) is 0 Å². The van der Waals surface area contributed by atoms with Crippen LogP contribution in [-0.2, 0) is 6.42 Å². The Hall–Kier alpha value is 0.180. The highest BCUT2D eigenvalue weighted by Gasteiger charge is 2.04. The number of hydrogen-bond acceptors (Lipinski definition) is 0. The lowest BCUT2D eigenvalue weighted by atomic mass is 9.99. The highest BCUT2D eigenvalue weighted by atomic mass is 79.9. The van der Waals surface area contributed by atoms with E-state index in [1.165, 1.54) is 18.4 Å². The van der Waals surface area contributed by atoms with Crippen LogP contribution in [0.2, 0.25) is 0 Å². The molecule has 1 rings (SSSR count). The summed E-state index contributed by atoms with van der Waals surface area (Å²) in [7, 11) is 0. The maximum atomic E-state index is 3.54. The Labute approximate surface area is 97.0 Å². The first kappa shape index (κ1) is 11.3. The van der Waals surface area contributed by atoms with Crippen LogP contribution < -0.4 is 0 Å². The molecule has 0 saturated carbocycles. The first-order valence-electron chi connectivity index (χ1n) is 4.56. The van der Waals surface area contributed by atoms with Crippen LogP contribution in [0.3, 0.4) is 0 Å². The second kappa shape index (κ2) is 5.82. The largest absolute Gasteiger partial charge is 0.0925 e. The van der Waals surface area contributed by atoms with Crippen LogP contribution >= 0.6 is 31.9 Å². The van der Waals surface area contributed by atoms with Crippen molar-refractivity contribution in [2.24, 2.45) is 5.92 Å². The van der Waals surface area contributed by atoms with Gasteiger partial charge < -0.3 is 0 Å². The van der Waals surface area contributed by atoms with E-state index in [4.69, 9.17) is 0 Å². The molecule has 0 heterocycles. The van der Waals surface area contributed by atoms with Crippen LogP contribution in [0.4, 0.5) is 0 Å². The SMILES string of the molecule is CCC(CBr)Cc1ccc(Br)cc1. The summed E-state index contributed by atoms with van der Waals surface area (Å²) >= 11 is 6.98. The molecule has 1 unspecified atom stereocenters. The molecule has 0 bridgehead atoms. The number of halogens is 2. The van der Waals surface area contributed by atoms with Gasteiger partial charge in [0, 0.05) is 9.80 Å². The summed E-state index contributed by atoms with van der Waals surface area (Å²) in [6, 6.07) is 8.59. The van der Waals surface area contributed by atoms with Crippen molar-refractivity contribution in [2.75, 3.05) is 5.33 Å². The summed E-state index contributed by atoms with van der Waals surface area (Å²) in [6.07, 6.45) is 2.41. The second-order valence-corrected chi connectivity index (χ2v) is 4.82. The summed E-state index contributed by atoms with van der Waals surface area (Å²) in [4.78, 5) is 0. The van der Waals surface area contributed by atoms with Crippen molar-refractivity contribution in [3.8, 4) is 0 Å². The number of rotatable bonds is 4. The van der Waals surface area contributed by atoms with Crippen LogP contribution in [0.1, 0.15) is 18.9 Å². The third kappa shape index (κ3) is 3.82. The highest BCUT2D eigenvalue weighted by molar-refractivity contribution is 9.10. The Bertz CT molecular complexity index is 237.